The molecule has 1 aliphatic rings. The van der Waals surface area contributed by atoms with Crippen molar-refractivity contribution in [2.75, 3.05) is 13.6 Å². The molecule has 2 atom stereocenters. The van der Waals surface area contributed by atoms with Gasteiger partial charge < -0.3 is 10.8 Å². The first kappa shape index (κ1) is 9.49. The van der Waals surface area contributed by atoms with Crippen LogP contribution >= 0.6 is 0 Å². The lowest BCUT2D eigenvalue weighted by atomic mass is 10.0. The van der Waals surface area contributed by atoms with Crippen LogP contribution < -0.4 is 5.73 Å². The highest BCUT2D eigenvalue weighted by Gasteiger charge is 2.30. The van der Waals surface area contributed by atoms with Crippen molar-refractivity contribution in [3.05, 3.63) is 29.8 Å². The monoisotopic (exact) mass is 192 g/mol. The van der Waals surface area contributed by atoms with Crippen molar-refractivity contribution in [3.8, 4) is 5.75 Å². The zero-order valence-electron chi connectivity index (χ0n) is 8.35. The van der Waals surface area contributed by atoms with Crippen molar-refractivity contribution in [2.24, 2.45) is 5.73 Å². The molecule has 0 saturated carbocycles. The van der Waals surface area contributed by atoms with E-state index in [0.717, 1.165) is 18.5 Å². The van der Waals surface area contributed by atoms with E-state index in [1.807, 2.05) is 12.1 Å². The molecule has 1 fully saturated rings. The smallest absolute Gasteiger partial charge is 0.115 e. The molecule has 3 N–H and O–H groups in total. The summed E-state index contributed by atoms with van der Waals surface area (Å²) in [6.45, 7) is 1.03. The van der Waals surface area contributed by atoms with E-state index in [4.69, 9.17) is 5.73 Å². The summed E-state index contributed by atoms with van der Waals surface area (Å²) in [5, 5.41) is 9.39. The van der Waals surface area contributed by atoms with Crippen molar-refractivity contribution < 1.29 is 5.11 Å². The molecule has 2 rings (SSSR count). The van der Waals surface area contributed by atoms with Gasteiger partial charge in [-0.3, -0.25) is 4.90 Å². The summed E-state index contributed by atoms with van der Waals surface area (Å²) in [5.41, 5.74) is 7.14. The van der Waals surface area contributed by atoms with Gasteiger partial charge in [0.15, 0.2) is 0 Å². The number of hydrogen-bond acceptors (Lipinski definition) is 3. The highest BCUT2D eigenvalue weighted by atomic mass is 16.3. The third-order valence-corrected chi connectivity index (χ3v) is 2.91. The number of likely N-dealkylation sites (tertiary alicyclic amines) is 1. The lowest BCUT2D eigenvalue weighted by Crippen LogP contribution is -2.29. The van der Waals surface area contributed by atoms with E-state index in [9.17, 15) is 5.11 Å². The van der Waals surface area contributed by atoms with Gasteiger partial charge in [-0.2, -0.15) is 0 Å². The number of hydrogen-bond donors (Lipinski definition) is 2. The molecule has 0 aliphatic carbocycles. The average Bonchev–Trinajstić information content (AvgIpc) is 2.46. The normalized spacial score (nSPS) is 28.1. The van der Waals surface area contributed by atoms with Crippen molar-refractivity contribution in [2.45, 2.75) is 18.5 Å². The Morgan fingerprint density at radius 1 is 1.50 bits per heavy atom. The fraction of sp³-hybridized carbons (Fsp3) is 0.455. The largest absolute Gasteiger partial charge is 0.508 e. The Balaban J connectivity index is 2.29. The highest BCUT2D eigenvalue weighted by Crippen LogP contribution is 2.30. The standard InChI is InChI=1S/C11H16N2O/c1-13-6-5-10(12)11(13)8-3-2-4-9(14)7-8/h2-4,7,10-11,14H,5-6,12H2,1H3. The maximum atomic E-state index is 9.39. The zero-order valence-corrected chi connectivity index (χ0v) is 8.35. The van der Waals surface area contributed by atoms with Crippen LogP contribution in [-0.4, -0.2) is 29.6 Å². The van der Waals surface area contributed by atoms with Gasteiger partial charge in [-0.1, -0.05) is 12.1 Å². The van der Waals surface area contributed by atoms with E-state index in [2.05, 4.69) is 11.9 Å². The van der Waals surface area contributed by atoms with E-state index in [1.54, 1.807) is 12.1 Å². The molecule has 1 aliphatic heterocycles. The molecule has 1 heterocycles. The second-order valence-corrected chi connectivity index (χ2v) is 3.97. The highest BCUT2D eigenvalue weighted by molar-refractivity contribution is 5.30. The molecule has 0 radical (unpaired) electrons. The number of benzene rings is 1. The summed E-state index contributed by atoms with van der Waals surface area (Å²) in [4.78, 5) is 2.24. The molecular weight excluding hydrogens is 176 g/mol. The van der Waals surface area contributed by atoms with E-state index in [-0.39, 0.29) is 12.1 Å². The molecule has 14 heavy (non-hydrogen) atoms. The first-order valence-electron chi connectivity index (χ1n) is 4.93. The average molecular weight is 192 g/mol. The Morgan fingerprint density at radius 3 is 2.86 bits per heavy atom. The van der Waals surface area contributed by atoms with Crippen molar-refractivity contribution in [3.63, 3.8) is 0 Å². The lowest BCUT2D eigenvalue weighted by Gasteiger charge is -2.23. The molecule has 0 spiro atoms. The molecule has 0 bridgehead atoms. The number of phenols is 1. The van der Waals surface area contributed by atoms with Crippen LogP contribution in [0.15, 0.2) is 24.3 Å². The molecule has 3 heteroatoms. The Bertz CT molecular complexity index is 317. The fourth-order valence-electron chi connectivity index (χ4n) is 2.19. The van der Waals surface area contributed by atoms with Gasteiger partial charge in [0.05, 0.1) is 0 Å². The molecular formula is C11H16N2O. The number of nitrogens with two attached hydrogens (primary N) is 1. The molecule has 76 valence electrons. The maximum Gasteiger partial charge on any atom is 0.115 e. The molecule has 1 saturated heterocycles. The summed E-state index contributed by atoms with van der Waals surface area (Å²) < 4.78 is 0. The minimum Gasteiger partial charge on any atom is -0.508 e. The molecule has 1 aromatic rings. The quantitative estimate of drug-likeness (QED) is 0.700. The van der Waals surface area contributed by atoms with E-state index in [0.29, 0.717) is 5.75 Å². The number of phenolic OH excluding ortho intramolecular Hbond substituents is 1. The number of nitrogens with zero attached hydrogens (tertiary/aromatic N) is 1. The third kappa shape index (κ3) is 1.61. The molecule has 0 amide bonds. The number of rotatable bonds is 1. The second-order valence-electron chi connectivity index (χ2n) is 3.97. The van der Waals surface area contributed by atoms with Gasteiger partial charge in [-0.15, -0.1) is 0 Å². The minimum atomic E-state index is 0.182. The summed E-state index contributed by atoms with van der Waals surface area (Å²) in [5.74, 6) is 0.315. The van der Waals surface area contributed by atoms with Crippen LogP contribution in [0, 0.1) is 0 Å². The molecule has 3 nitrogen and oxygen atoms in total. The maximum absolute atomic E-state index is 9.39. The molecule has 1 aromatic carbocycles. The van der Waals surface area contributed by atoms with Crippen LogP contribution in [0.2, 0.25) is 0 Å². The van der Waals surface area contributed by atoms with E-state index in [1.165, 1.54) is 0 Å². The first-order chi connectivity index (χ1) is 6.68. The van der Waals surface area contributed by atoms with Crippen LogP contribution in [-0.2, 0) is 0 Å². The Hall–Kier alpha value is -1.06. The van der Waals surface area contributed by atoms with Gasteiger partial charge in [0, 0.05) is 18.6 Å². The van der Waals surface area contributed by atoms with Gasteiger partial charge in [-0.05, 0) is 31.2 Å². The van der Waals surface area contributed by atoms with Gasteiger partial charge in [-0.25, -0.2) is 0 Å². The number of likely N-dealkylation sites (N-methyl/N-ethyl adjacent to an activating group) is 1. The number of aromatic hydroxyl groups is 1. The topological polar surface area (TPSA) is 49.5 Å². The van der Waals surface area contributed by atoms with Gasteiger partial charge in [0.1, 0.15) is 5.75 Å². The van der Waals surface area contributed by atoms with Crippen LogP contribution in [0.1, 0.15) is 18.0 Å². The Kier molecular flexibility index (Phi) is 2.44. The van der Waals surface area contributed by atoms with Crippen LogP contribution in [0.3, 0.4) is 0 Å². The minimum absolute atomic E-state index is 0.182. The van der Waals surface area contributed by atoms with E-state index < -0.39 is 0 Å². The van der Waals surface area contributed by atoms with Gasteiger partial charge in [0.25, 0.3) is 0 Å². The van der Waals surface area contributed by atoms with Crippen LogP contribution in [0.25, 0.3) is 0 Å². The summed E-state index contributed by atoms with van der Waals surface area (Å²) >= 11 is 0. The first-order valence-corrected chi connectivity index (χ1v) is 4.93. The van der Waals surface area contributed by atoms with Crippen molar-refractivity contribution in [1.82, 2.24) is 4.90 Å². The summed E-state index contributed by atoms with van der Waals surface area (Å²) in [6, 6.07) is 7.80. The lowest BCUT2D eigenvalue weighted by molar-refractivity contribution is 0.303. The van der Waals surface area contributed by atoms with Crippen molar-refractivity contribution in [1.29, 1.82) is 0 Å². The third-order valence-electron chi connectivity index (χ3n) is 2.91. The van der Waals surface area contributed by atoms with Gasteiger partial charge >= 0.3 is 0 Å². The second kappa shape index (κ2) is 3.59. The Morgan fingerprint density at radius 2 is 2.29 bits per heavy atom. The summed E-state index contributed by atoms with van der Waals surface area (Å²) in [7, 11) is 2.07. The molecule has 0 aromatic heterocycles. The predicted octanol–water partition coefficient (Wildman–Crippen LogP) is 1.10. The van der Waals surface area contributed by atoms with Crippen LogP contribution in [0.5, 0.6) is 5.75 Å². The predicted molar refractivity (Wildman–Crippen MR) is 56.1 cm³/mol. The van der Waals surface area contributed by atoms with E-state index >= 15 is 0 Å². The fourth-order valence-corrected chi connectivity index (χ4v) is 2.19. The molecule has 2 unspecified atom stereocenters. The van der Waals surface area contributed by atoms with Crippen molar-refractivity contribution >= 4 is 0 Å². The zero-order chi connectivity index (χ0) is 10.1. The van der Waals surface area contributed by atoms with Crippen LogP contribution in [0.4, 0.5) is 0 Å². The summed E-state index contributed by atoms with van der Waals surface area (Å²) in [6.07, 6.45) is 1.02. The van der Waals surface area contributed by atoms with Gasteiger partial charge in [0.2, 0.25) is 0 Å². The Labute approximate surface area is 84.1 Å². The SMILES string of the molecule is CN1CCC(N)C1c1cccc(O)c1.